The normalized spacial score (nSPS) is 28.2. The molecule has 27 heavy (non-hydrogen) atoms. The minimum absolute atomic E-state index is 0.159. The fourth-order valence-electron chi connectivity index (χ4n) is 3.43. The van der Waals surface area contributed by atoms with Crippen LogP contribution in [0.4, 0.5) is 0 Å². The maximum absolute atomic E-state index is 6.76. The lowest BCUT2D eigenvalue weighted by molar-refractivity contribution is 0.187. The van der Waals surface area contributed by atoms with E-state index in [1.165, 1.54) is 19.3 Å². The molecule has 0 aromatic heterocycles. The summed E-state index contributed by atoms with van der Waals surface area (Å²) in [5, 5.41) is 0.221. The molecule has 0 N–H and O–H groups in total. The minimum atomic E-state index is -1.81. The van der Waals surface area contributed by atoms with Crippen molar-refractivity contribution in [1.29, 1.82) is 0 Å². The van der Waals surface area contributed by atoms with Gasteiger partial charge in [-0.05, 0) is 38.4 Å². The van der Waals surface area contributed by atoms with Crippen LogP contribution in [0, 0.1) is 0 Å². The van der Waals surface area contributed by atoms with Gasteiger partial charge in [0.25, 0.3) is 6.55 Å². The number of unbranched alkanes of at least 4 members (excludes halogenated alkanes) is 3. The molecule has 0 radical (unpaired) electrons. The Labute approximate surface area is 170 Å². The van der Waals surface area contributed by atoms with Gasteiger partial charge < -0.3 is 13.7 Å². The Morgan fingerprint density at radius 3 is 2.04 bits per heavy atom. The van der Waals surface area contributed by atoms with E-state index < -0.39 is 14.9 Å². The first-order chi connectivity index (χ1) is 12.5. The summed E-state index contributed by atoms with van der Waals surface area (Å²) in [6, 6.07) is 0. The van der Waals surface area contributed by atoms with E-state index in [4.69, 9.17) is 13.7 Å². The predicted octanol–water partition coefficient (Wildman–Crippen LogP) is 7.12. The molecule has 0 aliphatic carbocycles. The molecular formula is C22H46BO3Si-. The first-order valence-electron chi connectivity index (χ1n) is 11.4. The lowest BCUT2D eigenvalue weighted by Gasteiger charge is -2.39. The van der Waals surface area contributed by atoms with Gasteiger partial charge in [-0.2, -0.15) is 5.98 Å². The van der Waals surface area contributed by atoms with Gasteiger partial charge in [0, 0.05) is 12.2 Å². The van der Waals surface area contributed by atoms with Crippen LogP contribution in [-0.4, -0.2) is 33.2 Å². The molecule has 5 heteroatoms. The van der Waals surface area contributed by atoms with Crippen molar-refractivity contribution >= 4 is 14.9 Å². The average Bonchev–Trinajstić information content (AvgIpc) is 2.84. The predicted molar refractivity (Wildman–Crippen MR) is 122 cm³/mol. The highest BCUT2D eigenvalue weighted by Gasteiger charge is 2.39. The molecule has 1 aliphatic heterocycles. The van der Waals surface area contributed by atoms with E-state index in [0.29, 0.717) is 0 Å². The van der Waals surface area contributed by atoms with Crippen LogP contribution < -0.4 is 0 Å². The monoisotopic (exact) mass is 397 g/mol. The highest BCUT2D eigenvalue weighted by atomic mass is 28.4. The molecular weight excluding hydrogens is 351 g/mol. The molecule has 0 aromatic carbocycles. The second-order valence-electron chi connectivity index (χ2n) is 10.1. The van der Waals surface area contributed by atoms with E-state index in [1.54, 1.807) is 0 Å². The van der Waals surface area contributed by atoms with Crippen molar-refractivity contribution in [3.8, 4) is 0 Å². The van der Waals surface area contributed by atoms with Crippen molar-refractivity contribution in [3.05, 3.63) is 12.1 Å². The Kier molecular flexibility index (Phi) is 9.80. The average molecular weight is 398 g/mol. The summed E-state index contributed by atoms with van der Waals surface area (Å²) in [6.45, 7) is 19.0. The summed E-state index contributed by atoms with van der Waals surface area (Å²) < 4.78 is 19.5. The van der Waals surface area contributed by atoms with Gasteiger partial charge in [0.1, 0.15) is 0 Å². The molecule has 1 heterocycles. The summed E-state index contributed by atoms with van der Waals surface area (Å²) in [5.74, 6) is 2.24. The van der Waals surface area contributed by atoms with Gasteiger partial charge in [-0.25, -0.2) is 0 Å². The smallest absolute Gasteiger partial charge is 0.263 e. The van der Waals surface area contributed by atoms with Crippen LogP contribution in [-0.2, 0) is 13.7 Å². The van der Waals surface area contributed by atoms with E-state index in [2.05, 4.69) is 73.6 Å². The Morgan fingerprint density at radius 1 is 1.00 bits per heavy atom. The molecule has 0 bridgehead atoms. The third-order valence-corrected chi connectivity index (χ3v) is 11.0. The topological polar surface area (TPSA) is 27.7 Å². The van der Waals surface area contributed by atoms with Crippen molar-refractivity contribution in [2.75, 3.05) is 0 Å². The molecule has 1 saturated heterocycles. The summed E-state index contributed by atoms with van der Waals surface area (Å²) in [5.41, 5.74) is 0. The summed E-state index contributed by atoms with van der Waals surface area (Å²) in [6.07, 6.45) is 10.8. The molecule has 1 fully saturated rings. The molecule has 3 nitrogen and oxygen atoms in total. The third-order valence-electron chi connectivity index (χ3n) is 6.47. The second kappa shape index (κ2) is 10.6. The summed E-state index contributed by atoms with van der Waals surface area (Å²) >= 11 is 0. The first-order valence-corrected chi connectivity index (χ1v) is 14.3. The van der Waals surface area contributed by atoms with E-state index in [-0.39, 0.29) is 23.4 Å². The van der Waals surface area contributed by atoms with Gasteiger partial charge in [-0.3, -0.25) is 0 Å². The lowest BCUT2D eigenvalue weighted by Crippen LogP contribution is -2.44. The number of hydrogen-bond donors (Lipinski definition) is 0. The molecule has 0 saturated carbocycles. The van der Waals surface area contributed by atoms with E-state index in [0.717, 1.165) is 25.6 Å². The highest BCUT2D eigenvalue weighted by Crippen LogP contribution is 2.38. The van der Waals surface area contributed by atoms with Crippen LogP contribution in [0.2, 0.25) is 24.5 Å². The van der Waals surface area contributed by atoms with Gasteiger partial charge in [-0.1, -0.05) is 72.8 Å². The summed E-state index contributed by atoms with van der Waals surface area (Å²) in [7, 11) is -1.81. The molecule has 1 rings (SSSR count). The first kappa shape index (κ1) is 24.9. The van der Waals surface area contributed by atoms with Crippen molar-refractivity contribution in [3.63, 3.8) is 0 Å². The van der Waals surface area contributed by atoms with Gasteiger partial charge in [0.15, 0.2) is 8.32 Å². The maximum Gasteiger partial charge on any atom is 0.263 e. The highest BCUT2D eigenvalue weighted by molar-refractivity contribution is 6.74. The SMILES string of the molecule is CCCCCC(/C=C/[B-]1(CCCC)OC(C)C(C)O1)O[Si](C)(C)C(C)(C)C. The van der Waals surface area contributed by atoms with E-state index in [9.17, 15) is 0 Å². The van der Waals surface area contributed by atoms with Crippen LogP contribution in [0.5, 0.6) is 0 Å². The Bertz CT molecular complexity index is 449. The third kappa shape index (κ3) is 7.68. The molecule has 0 amide bonds. The minimum Gasteiger partial charge on any atom is -0.561 e. The zero-order valence-electron chi connectivity index (χ0n) is 19.6. The zero-order valence-corrected chi connectivity index (χ0v) is 20.6. The molecule has 0 aromatic rings. The molecule has 3 unspecified atom stereocenters. The van der Waals surface area contributed by atoms with Gasteiger partial charge in [0.2, 0.25) is 0 Å². The lowest BCUT2D eigenvalue weighted by atomic mass is 9.53. The number of hydrogen-bond acceptors (Lipinski definition) is 3. The largest absolute Gasteiger partial charge is 0.561 e. The molecule has 3 atom stereocenters. The van der Waals surface area contributed by atoms with Crippen molar-refractivity contribution in [2.45, 2.75) is 130 Å². The Morgan fingerprint density at radius 2 is 1.56 bits per heavy atom. The summed E-state index contributed by atoms with van der Waals surface area (Å²) in [4.78, 5) is 0. The van der Waals surface area contributed by atoms with Crippen LogP contribution in [0.15, 0.2) is 12.1 Å². The quantitative estimate of drug-likeness (QED) is 0.274. The number of rotatable bonds is 11. The van der Waals surface area contributed by atoms with Crippen LogP contribution in [0.3, 0.4) is 0 Å². The second-order valence-corrected chi connectivity index (χ2v) is 14.8. The Balaban J connectivity index is 2.95. The van der Waals surface area contributed by atoms with Gasteiger partial charge in [-0.15, -0.1) is 6.32 Å². The Hall–Kier alpha value is -0.0982. The van der Waals surface area contributed by atoms with E-state index in [1.807, 2.05) is 0 Å². The fraction of sp³-hybridized carbons (Fsp3) is 0.909. The standard InChI is InChI=1S/C22H46BO3Si/c1-10-12-14-15-21(26-27(8,9)22(5,6)7)16-18-23(17-13-11-2)24-19(3)20(4)25-23/h16,18-21H,10-15,17H2,1-9H3/q-1/b18-16+. The van der Waals surface area contributed by atoms with Gasteiger partial charge >= 0.3 is 0 Å². The van der Waals surface area contributed by atoms with Crippen molar-refractivity contribution in [1.82, 2.24) is 0 Å². The van der Waals surface area contributed by atoms with E-state index >= 15 is 0 Å². The fourth-order valence-corrected chi connectivity index (χ4v) is 4.74. The molecule has 0 spiro atoms. The van der Waals surface area contributed by atoms with Gasteiger partial charge in [0.05, 0.1) is 6.10 Å². The van der Waals surface area contributed by atoms with Crippen LogP contribution in [0.25, 0.3) is 0 Å². The van der Waals surface area contributed by atoms with Crippen LogP contribution >= 0.6 is 0 Å². The molecule has 160 valence electrons. The van der Waals surface area contributed by atoms with Crippen LogP contribution in [0.1, 0.15) is 87.0 Å². The van der Waals surface area contributed by atoms with Crippen molar-refractivity contribution in [2.24, 2.45) is 0 Å². The van der Waals surface area contributed by atoms with Crippen molar-refractivity contribution < 1.29 is 13.7 Å². The molecule has 1 aliphatic rings. The maximum atomic E-state index is 6.76. The zero-order chi connectivity index (χ0) is 20.7.